The zero-order chi connectivity index (χ0) is 15.2. The Morgan fingerprint density at radius 2 is 2.00 bits per heavy atom. The number of para-hydroxylation sites is 1. The van der Waals surface area contributed by atoms with Crippen LogP contribution in [-0.4, -0.2) is 21.9 Å². The quantitative estimate of drug-likeness (QED) is 0.898. The maximum Gasteiger partial charge on any atom is 0.275 e. The average molecular weight is 281 g/mol. The molecule has 2 aromatic rings. The van der Waals surface area contributed by atoms with Gasteiger partial charge in [-0.2, -0.15) is 5.26 Å². The second-order valence-corrected chi connectivity index (χ2v) is 4.70. The predicted molar refractivity (Wildman–Crippen MR) is 79.9 cm³/mol. The zero-order valence-corrected chi connectivity index (χ0v) is 11.8. The van der Waals surface area contributed by atoms with Gasteiger partial charge in [0.05, 0.1) is 23.6 Å². The van der Waals surface area contributed by atoms with Crippen LogP contribution in [0.15, 0.2) is 36.7 Å². The summed E-state index contributed by atoms with van der Waals surface area (Å²) in [4.78, 5) is 20.3. The van der Waals surface area contributed by atoms with E-state index in [0.717, 1.165) is 0 Å². The first-order valence-electron chi connectivity index (χ1n) is 6.49. The highest BCUT2D eigenvalue weighted by molar-refractivity contribution is 6.03. The Balaban J connectivity index is 2.12. The first kappa shape index (κ1) is 14.5. The first-order chi connectivity index (χ1) is 10.1. The summed E-state index contributed by atoms with van der Waals surface area (Å²) in [5.41, 5.74) is 1.05. The van der Waals surface area contributed by atoms with Gasteiger partial charge in [-0.15, -0.1) is 0 Å². The molecule has 0 fully saturated rings. The second kappa shape index (κ2) is 6.48. The number of carbonyl (C=O) groups is 1. The molecule has 106 valence electrons. The fourth-order valence-corrected chi connectivity index (χ4v) is 1.69. The molecule has 2 rings (SSSR count). The maximum absolute atomic E-state index is 12.1. The van der Waals surface area contributed by atoms with E-state index in [0.29, 0.717) is 17.1 Å². The summed E-state index contributed by atoms with van der Waals surface area (Å²) in [6.07, 6.45) is 2.90. The molecular weight excluding hydrogens is 266 g/mol. The number of nitrogens with one attached hydrogen (secondary N) is 2. The van der Waals surface area contributed by atoms with Crippen LogP contribution in [0.5, 0.6) is 0 Å². The van der Waals surface area contributed by atoms with Gasteiger partial charge in [-0.3, -0.25) is 4.79 Å². The molecule has 0 saturated heterocycles. The minimum atomic E-state index is -0.402. The van der Waals surface area contributed by atoms with E-state index in [-0.39, 0.29) is 11.7 Å². The van der Waals surface area contributed by atoms with Crippen molar-refractivity contribution in [3.63, 3.8) is 0 Å². The van der Waals surface area contributed by atoms with Gasteiger partial charge in [-0.05, 0) is 26.0 Å². The molecule has 0 saturated carbocycles. The molecule has 0 spiro atoms. The van der Waals surface area contributed by atoms with E-state index >= 15 is 0 Å². The number of carbonyl (C=O) groups excluding carboxylic acids is 1. The molecule has 2 N–H and O–H groups in total. The number of rotatable bonds is 4. The molecule has 1 aromatic carbocycles. The van der Waals surface area contributed by atoms with Crippen molar-refractivity contribution >= 4 is 17.4 Å². The molecule has 0 aliphatic carbocycles. The van der Waals surface area contributed by atoms with E-state index in [4.69, 9.17) is 5.26 Å². The van der Waals surface area contributed by atoms with Crippen molar-refractivity contribution < 1.29 is 4.79 Å². The Kier molecular flexibility index (Phi) is 4.46. The summed E-state index contributed by atoms with van der Waals surface area (Å²) in [6.45, 7) is 3.97. The van der Waals surface area contributed by atoms with Gasteiger partial charge in [0.2, 0.25) is 0 Å². The SMILES string of the molecule is CC(C)Nc1cnc(C(=O)Nc2ccccc2C#N)cn1. The van der Waals surface area contributed by atoms with Crippen LogP contribution in [0.2, 0.25) is 0 Å². The lowest BCUT2D eigenvalue weighted by Crippen LogP contribution is -2.16. The summed E-state index contributed by atoms with van der Waals surface area (Å²) in [5.74, 6) is 0.209. The van der Waals surface area contributed by atoms with Crippen molar-refractivity contribution in [3.05, 3.63) is 47.9 Å². The lowest BCUT2D eigenvalue weighted by molar-refractivity contribution is 0.102. The van der Waals surface area contributed by atoms with E-state index in [2.05, 4.69) is 20.6 Å². The van der Waals surface area contributed by atoms with Gasteiger partial charge < -0.3 is 10.6 Å². The fraction of sp³-hybridized carbons (Fsp3) is 0.200. The summed E-state index contributed by atoms with van der Waals surface area (Å²) in [5, 5.41) is 14.7. The number of hydrogen-bond acceptors (Lipinski definition) is 5. The number of benzene rings is 1. The number of hydrogen-bond donors (Lipinski definition) is 2. The van der Waals surface area contributed by atoms with E-state index in [1.165, 1.54) is 12.4 Å². The lowest BCUT2D eigenvalue weighted by atomic mass is 10.2. The molecule has 1 amide bonds. The molecular formula is C15H15N5O. The highest BCUT2D eigenvalue weighted by Gasteiger charge is 2.10. The Morgan fingerprint density at radius 3 is 2.62 bits per heavy atom. The van der Waals surface area contributed by atoms with Crippen LogP contribution in [0.3, 0.4) is 0 Å². The molecule has 0 radical (unpaired) electrons. The first-order valence-corrected chi connectivity index (χ1v) is 6.49. The van der Waals surface area contributed by atoms with Gasteiger partial charge >= 0.3 is 0 Å². The van der Waals surface area contributed by atoms with E-state index in [1.807, 2.05) is 19.9 Å². The summed E-state index contributed by atoms with van der Waals surface area (Å²) in [6, 6.07) is 9.05. The topological polar surface area (TPSA) is 90.7 Å². The third-order valence-electron chi connectivity index (χ3n) is 2.62. The van der Waals surface area contributed by atoms with Gasteiger partial charge in [0, 0.05) is 6.04 Å². The maximum atomic E-state index is 12.1. The van der Waals surface area contributed by atoms with Crippen molar-refractivity contribution in [2.24, 2.45) is 0 Å². The third-order valence-corrected chi connectivity index (χ3v) is 2.62. The molecule has 1 aromatic heterocycles. The lowest BCUT2D eigenvalue weighted by Gasteiger charge is -2.09. The third kappa shape index (κ3) is 3.76. The number of anilines is 2. The highest BCUT2D eigenvalue weighted by Crippen LogP contribution is 2.14. The zero-order valence-electron chi connectivity index (χ0n) is 11.8. The molecule has 0 atom stereocenters. The van der Waals surface area contributed by atoms with Crippen LogP contribution >= 0.6 is 0 Å². The van der Waals surface area contributed by atoms with Gasteiger partial charge in [0.25, 0.3) is 5.91 Å². The predicted octanol–water partition coefficient (Wildman–Crippen LogP) is 2.42. The van der Waals surface area contributed by atoms with Crippen LogP contribution in [0.4, 0.5) is 11.5 Å². The smallest absolute Gasteiger partial charge is 0.275 e. The van der Waals surface area contributed by atoms with Crippen LogP contribution in [-0.2, 0) is 0 Å². The molecule has 0 aliphatic heterocycles. The van der Waals surface area contributed by atoms with Crippen molar-refractivity contribution in [2.45, 2.75) is 19.9 Å². The average Bonchev–Trinajstić information content (AvgIpc) is 2.48. The number of amides is 1. The molecule has 0 unspecified atom stereocenters. The van der Waals surface area contributed by atoms with Gasteiger partial charge in [-0.1, -0.05) is 12.1 Å². The fourth-order valence-electron chi connectivity index (χ4n) is 1.69. The second-order valence-electron chi connectivity index (χ2n) is 4.70. The molecule has 21 heavy (non-hydrogen) atoms. The molecule has 0 bridgehead atoms. The van der Waals surface area contributed by atoms with Gasteiger partial charge in [0.1, 0.15) is 17.6 Å². The van der Waals surface area contributed by atoms with Crippen molar-refractivity contribution in [3.8, 4) is 6.07 Å². The van der Waals surface area contributed by atoms with Gasteiger partial charge in [0.15, 0.2) is 0 Å². The van der Waals surface area contributed by atoms with Crippen LogP contribution in [0.1, 0.15) is 29.9 Å². The number of nitriles is 1. The summed E-state index contributed by atoms with van der Waals surface area (Å²) in [7, 11) is 0. The van der Waals surface area contributed by atoms with E-state index in [9.17, 15) is 4.79 Å². The Morgan fingerprint density at radius 1 is 1.24 bits per heavy atom. The van der Waals surface area contributed by atoms with E-state index in [1.54, 1.807) is 24.3 Å². The summed E-state index contributed by atoms with van der Waals surface area (Å²) >= 11 is 0. The highest BCUT2D eigenvalue weighted by atomic mass is 16.1. The number of nitrogens with zero attached hydrogens (tertiary/aromatic N) is 3. The summed E-state index contributed by atoms with van der Waals surface area (Å²) < 4.78 is 0. The molecule has 6 nitrogen and oxygen atoms in total. The monoisotopic (exact) mass is 281 g/mol. The Labute approximate surface area is 122 Å². The minimum absolute atomic E-state index is 0.192. The van der Waals surface area contributed by atoms with Crippen LogP contribution in [0, 0.1) is 11.3 Å². The standard InChI is InChI=1S/C15H15N5O/c1-10(2)19-14-9-17-13(8-18-14)15(21)20-12-6-4-3-5-11(12)7-16/h3-6,8-10H,1-2H3,(H,18,19)(H,20,21). The largest absolute Gasteiger partial charge is 0.367 e. The van der Waals surface area contributed by atoms with Gasteiger partial charge in [-0.25, -0.2) is 9.97 Å². The van der Waals surface area contributed by atoms with Crippen LogP contribution < -0.4 is 10.6 Å². The molecule has 6 heteroatoms. The normalized spacial score (nSPS) is 10.0. The molecule has 0 aliphatic rings. The minimum Gasteiger partial charge on any atom is -0.367 e. The molecule has 1 heterocycles. The Hall–Kier alpha value is -2.94. The van der Waals surface area contributed by atoms with Crippen LogP contribution in [0.25, 0.3) is 0 Å². The van der Waals surface area contributed by atoms with Crippen molar-refractivity contribution in [1.29, 1.82) is 5.26 Å². The number of aromatic nitrogens is 2. The Bertz CT molecular complexity index is 673. The van der Waals surface area contributed by atoms with Crippen molar-refractivity contribution in [1.82, 2.24) is 9.97 Å². The van der Waals surface area contributed by atoms with Crippen molar-refractivity contribution in [2.75, 3.05) is 10.6 Å². The van der Waals surface area contributed by atoms with E-state index < -0.39 is 5.91 Å².